The molecule has 1 aliphatic carbocycles. The number of carbonyl (C=O) groups is 1. The van der Waals surface area contributed by atoms with Crippen LogP contribution in [0.25, 0.3) is 0 Å². The van der Waals surface area contributed by atoms with E-state index in [1.54, 1.807) is 6.07 Å². The molecule has 1 aromatic carbocycles. The number of alkyl halides is 2. The minimum Gasteiger partial charge on any atom is -0.496 e. The monoisotopic (exact) mass is 256 g/mol. The smallest absolute Gasteiger partial charge is 0.314 e. The van der Waals surface area contributed by atoms with Crippen LogP contribution < -0.4 is 4.74 Å². The molecule has 18 heavy (non-hydrogen) atoms. The SMILES string of the molecule is COc1c(C(F)F)cccc1C1(C(=O)O)CCC1. The molecule has 1 N–H and O–H groups in total. The molecule has 0 heterocycles. The van der Waals surface area contributed by atoms with Gasteiger partial charge in [-0.2, -0.15) is 0 Å². The zero-order valence-electron chi connectivity index (χ0n) is 9.95. The maximum absolute atomic E-state index is 12.9. The summed E-state index contributed by atoms with van der Waals surface area (Å²) in [7, 11) is 1.29. The maximum atomic E-state index is 12.9. The van der Waals surface area contributed by atoms with Crippen LogP contribution in [-0.2, 0) is 10.2 Å². The number of aliphatic carboxylic acids is 1. The highest BCUT2D eigenvalue weighted by Gasteiger charge is 2.48. The Kier molecular flexibility index (Phi) is 3.24. The molecule has 5 heteroatoms. The summed E-state index contributed by atoms with van der Waals surface area (Å²) in [4.78, 5) is 11.4. The van der Waals surface area contributed by atoms with Crippen LogP contribution in [0.3, 0.4) is 0 Å². The van der Waals surface area contributed by atoms with Gasteiger partial charge in [0, 0.05) is 5.56 Å². The average Bonchev–Trinajstić information content (AvgIpc) is 2.26. The molecule has 0 aromatic heterocycles. The number of hydrogen-bond acceptors (Lipinski definition) is 2. The minimum atomic E-state index is -2.68. The lowest BCUT2D eigenvalue weighted by Crippen LogP contribution is -2.42. The summed E-state index contributed by atoms with van der Waals surface area (Å²) >= 11 is 0. The first-order chi connectivity index (χ1) is 8.53. The van der Waals surface area contributed by atoms with E-state index in [-0.39, 0.29) is 11.3 Å². The molecule has 98 valence electrons. The van der Waals surface area contributed by atoms with Crippen molar-refractivity contribution in [2.75, 3.05) is 7.11 Å². The number of benzene rings is 1. The van der Waals surface area contributed by atoms with Crippen molar-refractivity contribution in [1.29, 1.82) is 0 Å². The Morgan fingerprint density at radius 3 is 2.50 bits per heavy atom. The van der Waals surface area contributed by atoms with E-state index in [4.69, 9.17) is 4.74 Å². The van der Waals surface area contributed by atoms with Crippen LogP contribution in [-0.4, -0.2) is 18.2 Å². The van der Waals surface area contributed by atoms with E-state index < -0.39 is 17.8 Å². The molecule has 0 radical (unpaired) electrons. The molecular weight excluding hydrogens is 242 g/mol. The van der Waals surface area contributed by atoms with Crippen LogP contribution in [0.15, 0.2) is 18.2 Å². The fourth-order valence-electron chi connectivity index (χ4n) is 2.46. The van der Waals surface area contributed by atoms with Gasteiger partial charge in [-0.25, -0.2) is 8.78 Å². The Morgan fingerprint density at radius 2 is 2.11 bits per heavy atom. The van der Waals surface area contributed by atoms with Gasteiger partial charge in [0.2, 0.25) is 0 Å². The summed E-state index contributed by atoms with van der Waals surface area (Å²) < 4.78 is 30.8. The Hall–Kier alpha value is -1.65. The number of rotatable bonds is 4. The Labute approximate surface area is 103 Å². The van der Waals surface area contributed by atoms with Crippen molar-refractivity contribution >= 4 is 5.97 Å². The third-order valence-electron chi connectivity index (χ3n) is 3.62. The Morgan fingerprint density at radius 1 is 1.44 bits per heavy atom. The standard InChI is InChI=1S/C13H14F2O3/c1-18-10-8(11(14)15)4-2-5-9(10)13(12(16)17)6-3-7-13/h2,4-5,11H,3,6-7H2,1H3,(H,16,17). The lowest BCUT2D eigenvalue weighted by atomic mass is 9.64. The zero-order valence-corrected chi connectivity index (χ0v) is 9.95. The van der Waals surface area contributed by atoms with Gasteiger partial charge in [0.1, 0.15) is 5.75 Å². The second-order valence-electron chi connectivity index (χ2n) is 4.47. The van der Waals surface area contributed by atoms with Crippen LogP contribution >= 0.6 is 0 Å². The fourth-order valence-corrected chi connectivity index (χ4v) is 2.46. The molecule has 0 spiro atoms. The largest absolute Gasteiger partial charge is 0.496 e. The topological polar surface area (TPSA) is 46.5 Å². The highest BCUT2D eigenvalue weighted by Crippen LogP contribution is 2.49. The molecule has 0 atom stereocenters. The van der Waals surface area contributed by atoms with E-state index in [1.807, 2.05) is 0 Å². The quantitative estimate of drug-likeness (QED) is 0.900. The molecule has 0 amide bonds. The van der Waals surface area contributed by atoms with Crippen molar-refractivity contribution in [3.63, 3.8) is 0 Å². The van der Waals surface area contributed by atoms with E-state index in [0.717, 1.165) is 6.42 Å². The maximum Gasteiger partial charge on any atom is 0.314 e. The Bertz CT molecular complexity index is 467. The van der Waals surface area contributed by atoms with Gasteiger partial charge in [0.25, 0.3) is 6.43 Å². The second kappa shape index (κ2) is 4.55. The molecule has 0 unspecified atom stereocenters. The number of para-hydroxylation sites is 1. The van der Waals surface area contributed by atoms with Crippen molar-refractivity contribution in [3.8, 4) is 5.75 Å². The van der Waals surface area contributed by atoms with Crippen molar-refractivity contribution < 1.29 is 23.4 Å². The first-order valence-corrected chi connectivity index (χ1v) is 5.72. The summed E-state index contributed by atoms with van der Waals surface area (Å²) in [6, 6.07) is 4.29. The summed E-state index contributed by atoms with van der Waals surface area (Å²) in [5.74, 6) is -0.965. The number of ether oxygens (including phenoxy) is 1. The lowest BCUT2D eigenvalue weighted by molar-refractivity contribution is -0.147. The first-order valence-electron chi connectivity index (χ1n) is 5.72. The van der Waals surface area contributed by atoms with E-state index in [0.29, 0.717) is 18.4 Å². The van der Waals surface area contributed by atoms with Crippen LogP contribution in [0.1, 0.15) is 36.8 Å². The molecule has 2 rings (SSSR count). The molecule has 0 aliphatic heterocycles. The van der Waals surface area contributed by atoms with Crippen LogP contribution in [0.5, 0.6) is 5.75 Å². The van der Waals surface area contributed by atoms with Crippen molar-refractivity contribution in [1.82, 2.24) is 0 Å². The molecular formula is C13H14F2O3. The number of halogens is 2. The third-order valence-corrected chi connectivity index (χ3v) is 3.62. The molecule has 1 aromatic rings. The van der Waals surface area contributed by atoms with Crippen LogP contribution in [0, 0.1) is 0 Å². The second-order valence-corrected chi connectivity index (χ2v) is 4.47. The minimum absolute atomic E-state index is 0.00889. The van der Waals surface area contributed by atoms with Crippen LogP contribution in [0.2, 0.25) is 0 Å². The normalized spacial score (nSPS) is 17.3. The van der Waals surface area contributed by atoms with Gasteiger partial charge in [-0.15, -0.1) is 0 Å². The van der Waals surface area contributed by atoms with Gasteiger partial charge in [-0.1, -0.05) is 18.6 Å². The van der Waals surface area contributed by atoms with E-state index >= 15 is 0 Å². The number of carboxylic acids is 1. The molecule has 0 saturated heterocycles. The Balaban J connectivity index is 2.57. The lowest BCUT2D eigenvalue weighted by Gasteiger charge is -2.39. The van der Waals surface area contributed by atoms with Crippen molar-refractivity contribution in [2.24, 2.45) is 0 Å². The van der Waals surface area contributed by atoms with E-state index in [2.05, 4.69) is 0 Å². The fraction of sp³-hybridized carbons (Fsp3) is 0.462. The number of methoxy groups -OCH3 is 1. The molecule has 1 saturated carbocycles. The summed E-state index contributed by atoms with van der Waals surface area (Å²) in [6.45, 7) is 0. The molecule has 3 nitrogen and oxygen atoms in total. The molecule has 0 bridgehead atoms. The van der Waals surface area contributed by atoms with Gasteiger partial charge < -0.3 is 9.84 Å². The molecule has 1 fully saturated rings. The van der Waals surface area contributed by atoms with Gasteiger partial charge in [-0.3, -0.25) is 4.79 Å². The zero-order chi connectivity index (χ0) is 13.3. The van der Waals surface area contributed by atoms with E-state index in [1.165, 1.54) is 19.2 Å². The highest BCUT2D eigenvalue weighted by atomic mass is 19.3. The number of hydrogen-bond donors (Lipinski definition) is 1. The molecule has 1 aliphatic rings. The van der Waals surface area contributed by atoms with Crippen molar-refractivity contribution in [3.05, 3.63) is 29.3 Å². The van der Waals surface area contributed by atoms with Crippen molar-refractivity contribution in [2.45, 2.75) is 31.1 Å². The van der Waals surface area contributed by atoms with Crippen LogP contribution in [0.4, 0.5) is 8.78 Å². The predicted molar refractivity (Wildman–Crippen MR) is 61.1 cm³/mol. The van der Waals surface area contributed by atoms with Gasteiger partial charge in [-0.05, 0) is 18.9 Å². The summed E-state index contributed by atoms with van der Waals surface area (Å²) in [5, 5.41) is 9.34. The van der Waals surface area contributed by atoms with Gasteiger partial charge in [0.05, 0.1) is 18.1 Å². The van der Waals surface area contributed by atoms with Gasteiger partial charge in [0.15, 0.2) is 0 Å². The van der Waals surface area contributed by atoms with Gasteiger partial charge >= 0.3 is 5.97 Å². The highest BCUT2D eigenvalue weighted by molar-refractivity contribution is 5.84. The number of carboxylic acid groups (broad SMARTS) is 1. The van der Waals surface area contributed by atoms with E-state index in [9.17, 15) is 18.7 Å². The average molecular weight is 256 g/mol. The summed E-state index contributed by atoms with van der Waals surface area (Å²) in [5.41, 5.74) is -0.944. The summed E-state index contributed by atoms with van der Waals surface area (Å²) in [6.07, 6.45) is -0.962. The predicted octanol–water partition coefficient (Wildman–Crippen LogP) is 3.14. The first kappa shape index (κ1) is 12.8. The third kappa shape index (κ3) is 1.74.